The van der Waals surface area contributed by atoms with Crippen LogP contribution in [0.1, 0.15) is 28.1 Å². The maximum absolute atomic E-state index is 13.0. The van der Waals surface area contributed by atoms with E-state index in [2.05, 4.69) is 17.2 Å². The zero-order chi connectivity index (χ0) is 13.8. The van der Waals surface area contributed by atoms with E-state index in [1.807, 2.05) is 7.05 Å². The lowest BCUT2D eigenvalue weighted by Gasteiger charge is -2.01. The maximum atomic E-state index is 13.0. The highest BCUT2D eigenvalue weighted by Gasteiger charge is 2.11. The molecule has 1 aromatic carbocycles. The van der Waals surface area contributed by atoms with Gasteiger partial charge in [0.15, 0.2) is 0 Å². The first-order valence-electron chi connectivity index (χ1n) is 6.20. The van der Waals surface area contributed by atoms with Crippen LogP contribution in [0.4, 0.5) is 4.39 Å². The number of halogens is 2. The van der Waals surface area contributed by atoms with Gasteiger partial charge in [-0.15, -0.1) is 11.3 Å². The van der Waals surface area contributed by atoms with Crippen LogP contribution in [-0.4, -0.2) is 12.0 Å². The number of hydrogen-bond donors (Lipinski definition) is 1. The molecule has 5 heteroatoms. The molecule has 0 fully saturated rings. The number of nitrogens with one attached hydrogen (secondary N) is 1. The molecular formula is C14H16ClFN2S. The summed E-state index contributed by atoms with van der Waals surface area (Å²) in [5.74, 6) is -0.307. The number of aryl methyl sites for hydroxylation is 1. The molecule has 0 amide bonds. The Bertz CT molecular complexity index is 569. The van der Waals surface area contributed by atoms with Crippen LogP contribution in [0.3, 0.4) is 0 Å². The summed E-state index contributed by atoms with van der Waals surface area (Å²) in [6.45, 7) is 2.93. The number of thiazole rings is 1. The normalized spacial score (nSPS) is 10.9. The largest absolute Gasteiger partial charge is 0.315 e. The Kier molecular flexibility index (Phi) is 4.91. The number of nitrogens with zero attached hydrogens (tertiary/aromatic N) is 1. The molecule has 0 radical (unpaired) electrons. The van der Waals surface area contributed by atoms with Crippen molar-refractivity contribution in [1.29, 1.82) is 0 Å². The van der Waals surface area contributed by atoms with Gasteiger partial charge in [-0.1, -0.05) is 24.6 Å². The summed E-state index contributed by atoms with van der Waals surface area (Å²) in [7, 11) is 1.93. The molecule has 102 valence electrons. The van der Waals surface area contributed by atoms with E-state index >= 15 is 0 Å². The summed E-state index contributed by atoms with van der Waals surface area (Å²) in [6.07, 6.45) is 1.57. The first kappa shape index (κ1) is 14.4. The molecular weight excluding hydrogens is 283 g/mol. The fourth-order valence-corrected chi connectivity index (χ4v) is 3.34. The molecule has 1 aromatic heterocycles. The van der Waals surface area contributed by atoms with Crippen LogP contribution >= 0.6 is 22.9 Å². The lowest BCUT2D eigenvalue weighted by Crippen LogP contribution is -2.05. The second kappa shape index (κ2) is 6.46. The zero-order valence-electron chi connectivity index (χ0n) is 11.0. The first-order chi connectivity index (χ1) is 9.13. The molecule has 0 aliphatic rings. The van der Waals surface area contributed by atoms with Crippen molar-refractivity contribution in [3.63, 3.8) is 0 Å². The van der Waals surface area contributed by atoms with E-state index in [9.17, 15) is 4.39 Å². The quantitative estimate of drug-likeness (QED) is 0.908. The average molecular weight is 299 g/mol. The second-order valence-electron chi connectivity index (χ2n) is 4.27. The number of benzene rings is 1. The van der Waals surface area contributed by atoms with Crippen molar-refractivity contribution in [2.45, 2.75) is 26.3 Å². The van der Waals surface area contributed by atoms with Crippen molar-refractivity contribution >= 4 is 22.9 Å². The van der Waals surface area contributed by atoms with Crippen molar-refractivity contribution in [2.24, 2.45) is 0 Å². The number of rotatable bonds is 5. The van der Waals surface area contributed by atoms with Crippen LogP contribution in [0.15, 0.2) is 18.2 Å². The molecule has 0 bridgehead atoms. The van der Waals surface area contributed by atoms with Crippen molar-refractivity contribution in [2.75, 3.05) is 7.05 Å². The van der Waals surface area contributed by atoms with Crippen molar-refractivity contribution in [3.05, 3.63) is 50.2 Å². The third-order valence-corrected chi connectivity index (χ3v) is 4.30. The topological polar surface area (TPSA) is 24.9 Å². The number of hydrogen-bond acceptors (Lipinski definition) is 3. The van der Waals surface area contributed by atoms with Gasteiger partial charge < -0.3 is 5.32 Å². The zero-order valence-corrected chi connectivity index (χ0v) is 12.5. The molecule has 2 nitrogen and oxygen atoms in total. The van der Waals surface area contributed by atoms with Crippen LogP contribution in [0.25, 0.3) is 0 Å². The second-order valence-corrected chi connectivity index (χ2v) is 5.85. The van der Waals surface area contributed by atoms with Crippen molar-refractivity contribution < 1.29 is 4.39 Å². The Morgan fingerprint density at radius 3 is 2.84 bits per heavy atom. The van der Waals surface area contributed by atoms with Gasteiger partial charge in [0, 0.05) is 22.9 Å². The summed E-state index contributed by atoms with van der Waals surface area (Å²) < 4.78 is 13.0. The third kappa shape index (κ3) is 3.53. The van der Waals surface area contributed by atoms with Gasteiger partial charge in [0.1, 0.15) is 5.82 Å². The Morgan fingerprint density at radius 1 is 1.42 bits per heavy atom. The van der Waals surface area contributed by atoms with Crippen LogP contribution < -0.4 is 5.32 Å². The molecule has 1 N–H and O–H groups in total. The molecule has 19 heavy (non-hydrogen) atoms. The van der Waals surface area contributed by atoms with E-state index < -0.39 is 0 Å². The monoisotopic (exact) mass is 298 g/mol. The van der Waals surface area contributed by atoms with Gasteiger partial charge >= 0.3 is 0 Å². The molecule has 0 spiro atoms. The van der Waals surface area contributed by atoms with Gasteiger partial charge in [-0.25, -0.2) is 9.37 Å². The Hall–Kier alpha value is -0.970. The third-order valence-electron chi connectivity index (χ3n) is 2.85. The van der Waals surface area contributed by atoms with E-state index in [1.54, 1.807) is 17.4 Å². The van der Waals surface area contributed by atoms with Gasteiger partial charge in [0.25, 0.3) is 0 Å². The van der Waals surface area contributed by atoms with Crippen LogP contribution in [0, 0.1) is 5.82 Å². The predicted molar refractivity (Wildman–Crippen MR) is 78.5 cm³/mol. The highest BCUT2D eigenvalue weighted by molar-refractivity contribution is 7.11. The summed E-state index contributed by atoms with van der Waals surface area (Å²) >= 11 is 7.74. The highest BCUT2D eigenvalue weighted by Crippen LogP contribution is 2.25. The van der Waals surface area contributed by atoms with Crippen molar-refractivity contribution in [1.82, 2.24) is 10.3 Å². The molecule has 0 saturated heterocycles. The fraction of sp³-hybridized carbons (Fsp3) is 0.357. The lowest BCUT2D eigenvalue weighted by molar-refractivity contribution is 0.627. The van der Waals surface area contributed by atoms with Gasteiger partial charge in [0.2, 0.25) is 0 Å². The van der Waals surface area contributed by atoms with E-state index in [0.717, 1.165) is 29.2 Å². The molecule has 1 heterocycles. The molecule has 0 aliphatic carbocycles. The van der Waals surface area contributed by atoms with E-state index in [4.69, 9.17) is 11.6 Å². The molecule has 2 aromatic rings. The summed E-state index contributed by atoms with van der Waals surface area (Å²) in [5.41, 5.74) is 2.04. The smallest absolute Gasteiger partial charge is 0.124 e. The SMILES string of the molecule is CCc1nc(Cc2ccc(F)cc2Cl)sc1CNC. The summed E-state index contributed by atoms with van der Waals surface area (Å²) in [6, 6.07) is 4.51. The standard InChI is InChI=1S/C14H16ClFN2S/c1-3-12-13(8-17-2)19-14(18-12)6-9-4-5-10(16)7-11(9)15/h4-5,7,17H,3,6,8H2,1-2H3. The molecule has 2 rings (SSSR count). The molecule has 0 aliphatic heterocycles. The average Bonchev–Trinajstić information content (AvgIpc) is 2.75. The first-order valence-corrected chi connectivity index (χ1v) is 7.39. The van der Waals surface area contributed by atoms with E-state index in [-0.39, 0.29) is 5.82 Å². The summed E-state index contributed by atoms with van der Waals surface area (Å²) in [4.78, 5) is 5.89. The minimum atomic E-state index is -0.307. The molecule has 0 unspecified atom stereocenters. The summed E-state index contributed by atoms with van der Waals surface area (Å²) in [5, 5.41) is 4.63. The van der Waals surface area contributed by atoms with E-state index in [1.165, 1.54) is 17.0 Å². The minimum absolute atomic E-state index is 0.307. The fourth-order valence-electron chi connectivity index (χ4n) is 1.92. The van der Waals surface area contributed by atoms with Gasteiger partial charge in [-0.3, -0.25) is 0 Å². The Morgan fingerprint density at radius 2 is 2.21 bits per heavy atom. The molecule has 0 saturated carbocycles. The van der Waals surface area contributed by atoms with E-state index in [0.29, 0.717) is 11.4 Å². The molecule has 0 atom stereocenters. The highest BCUT2D eigenvalue weighted by atomic mass is 35.5. The van der Waals surface area contributed by atoms with Crippen molar-refractivity contribution in [3.8, 4) is 0 Å². The van der Waals surface area contributed by atoms with Gasteiger partial charge in [-0.2, -0.15) is 0 Å². The lowest BCUT2D eigenvalue weighted by atomic mass is 10.1. The van der Waals surface area contributed by atoms with Crippen LogP contribution in [0.2, 0.25) is 5.02 Å². The van der Waals surface area contributed by atoms with Crippen LogP contribution in [-0.2, 0) is 19.4 Å². The Balaban J connectivity index is 2.23. The minimum Gasteiger partial charge on any atom is -0.315 e. The van der Waals surface area contributed by atoms with Gasteiger partial charge in [0.05, 0.1) is 10.7 Å². The Labute approximate surface area is 121 Å². The van der Waals surface area contributed by atoms with Gasteiger partial charge in [-0.05, 0) is 31.2 Å². The maximum Gasteiger partial charge on any atom is 0.124 e. The van der Waals surface area contributed by atoms with Crippen LogP contribution in [0.5, 0.6) is 0 Å². The number of aromatic nitrogens is 1. The predicted octanol–water partition coefficient (Wildman–Crippen LogP) is 3.81.